The Bertz CT molecular complexity index is 625. The lowest BCUT2D eigenvalue weighted by molar-refractivity contribution is 0.0996. The molecule has 5 heteroatoms. The van der Waals surface area contributed by atoms with Gasteiger partial charge in [-0.1, -0.05) is 17.3 Å². The van der Waals surface area contributed by atoms with Crippen LogP contribution in [0.25, 0.3) is 11.5 Å². The predicted octanol–water partition coefficient (Wildman–Crippen LogP) is 2.23. The molecule has 2 fully saturated rings. The van der Waals surface area contributed by atoms with Crippen molar-refractivity contribution in [1.82, 2.24) is 10.1 Å². The molecule has 0 saturated carbocycles. The van der Waals surface area contributed by atoms with Gasteiger partial charge in [0.2, 0.25) is 0 Å². The molecule has 0 spiro atoms. The van der Waals surface area contributed by atoms with Crippen LogP contribution in [-0.4, -0.2) is 22.3 Å². The monoisotopic (exact) mass is 271 g/mol. The van der Waals surface area contributed by atoms with Crippen molar-refractivity contribution in [3.05, 3.63) is 35.7 Å². The number of nitrogens with zero attached hydrogens (tertiary/aromatic N) is 2. The Balaban J connectivity index is 1.61. The quantitative estimate of drug-likeness (QED) is 0.926. The van der Waals surface area contributed by atoms with Crippen molar-refractivity contribution in [2.75, 3.05) is 0 Å². The second kappa shape index (κ2) is 4.68. The van der Waals surface area contributed by atoms with Crippen LogP contribution in [0.3, 0.4) is 0 Å². The van der Waals surface area contributed by atoms with Crippen LogP contribution in [0.2, 0.25) is 0 Å². The molecule has 2 aromatic rings. The van der Waals surface area contributed by atoms with Crippen LogP contribution in [0.1, 0.15) is 36.6 Å². The van der Waals surface area contributed by atoms with Crippen molar-refractivity contribution in [3.63, 3.8) is 0 Å². The number of benzene rings is 1. The summed E-state index contributed by atoms with van der Waals surface area (Å²) >= 11 is 0. The van der Waals surface area contributed by atoms with Gasteiger partial charge in [-0.25, -0.2) is 0 Å². The number of hydrogen-bond donors (Lipinski definition) is 1. The number of ether oxygens (including phenoxy) is 1. The molecule has 3 heterocycles. The highest BCUT2D eigenvalue weighted by atomic mass is 16.5. The summed E-state index contributed by atoms with van der Waals surface area (Å²) in [6, 6.07) is 7.91. The summed E-state index contributed by atoms with van der Waals surface area (Å²) in [6.07, 6.45) is 3.98. The van der Waals surface area contributed by atoms with Crippen molar-refractivity contribution < 1.29 is 9.26 Å². The van der Waals surface area contributed by atoms with Gasteiger partial charge in [0.15, 0.2) is 5.82 Å². The van der Waals surface area contributed by atoms with Crippen LogP contribution in [0.15, 0.2) is 28.8 Å². The van der Waals surface area contributed by atoms with Crippen LogP contribution >= 0.6 is 0 Å². The number of fused-ring (bicyclic) bond motifs is 2. The minimum Gasteiger partial charge on any atom is -0.374 e. The van der Waals surface area contributed by atoms with E-state index in [-0.39, 0.29) is 6.10 Å². The van der Waals surface area contributed by atoms with E-state index in [4.69, 9.17) is 15.0 Å². The van der Waals surface area contributed by atoms with E-state index in [1.54, 1.807) is 0 Å². The first-order valence-corrected chi connectivity index (χ1v) is 7.12. The summed E-state index contributed by atoms with van der Waals surface area (Å²) in [7, 11) is 0. The summed E-state index contributed by atoms with van der Waals surface area (Å²) in [5.41, 5.74) is 7.65. The molecule has 0 aliphatic carbocycles. The lowest BCUT2D eigenvalue weighted by atomic mass is 9.89. The maximum Gasteiger partial charge on any atom is 0.257 e. The molecule has 0 amide bonds. The summed E-state index contributed by atoms with van der Waals surface area (Å²) < 4.78 is 11.3. The summed E-state index contributed by atoms with van der Waals surface area (Å²) in [4.78, 5) is 4.56. The summed E-state index contributed by atoms with van der Waals surface area (Å²) in [6.45, 7) is 0.509. The van der Waals surface area contributed by atoms with Gasteiger partial charge in [-0.15, -0.1) is 0 Å². The van der Waals surface area contributed by atoms with Gasteiger partial charge in [-0.2, -0.15) is 4.98 Å². The minimum atomic E-state index is 0.279. The fourth-order valence-electron chi connectivity index (χ4n) is 3.24. The molecule has 4 rings (SSSR count). The Hall–Kier alpha value is -1.72. The zero-order valence-corrected chi connectivity index (χ0v) is 11.2. The van der Waals surface area contributed by atoms with Gasteiger partial charge in [0.05, 0.1) is 18.1 Å². The Morgan fingerprint density at radius 1 is 1.30 bits per heavy atom. The molecule has 20 heavy (non-hydrogen) atoms. The van der Waals surface area contributed by atoms with Gasteiger partial charge in [0, 0.05) is 12.1 Å². The van der Waals surface area contributed by atoms with E-state index in [1.165, 1.54) is 6.42 Å². The van der Waals surface area contributed by atoms with Crippen molar-refractivity contribution in [3.8, 4) is 11.5 Å². The fourth-order valence-corrected chi connectivity index (χ4v) is 3.24. The van der Waals surface area contributed by atoms with Gasteiger partial charge < -0.3 is 15.0 Å². The lowest BCUT2D eigenvalue weighted by Crippen LogP contribution is -2.15. The topological polar surface area (TPSA) is 74.2 Å². The highest BCUT2D eigenvalue weighted by molar-refractivity contribution is 5.54. The predicted molar refractivity (Wildman–Crippen MR) is 72.9 cm³/mol. The molecular weight excluding hydrogens is 254 g/mol. The van der Waals surface area contributed by atoms with E-state index in [2.05, 4.69) is 10.1 Å². The lowest BCUT2D eigenvalue weighted by Gasteiger charge is -2.13. The largest absolute Gasteiger partial charge is 0.374 e. The Morgan fingerprint density at radius 3 is 3.00 bits per heavy atom. The third kappa shape index (κ3) is 1.94. The molecule has 5 nitrogen and oxygen atoms in total. The molecule has 2 N–H and O–H groups in total. The van der Waals surface area contributed by atoms with Crippen LogP contribution in [-0.2, 0) is 11.3 Å². The highest BCUT2D eigenvalue weighted by Crippen LogP contribution is 2.43. The van der Waals surface area contributed by atoms with E-state index in [0.717, 1.165) is 29.8 Å². The molecule has 2 aliphatic rings. The molecular formula is C15H17N3O2. The highest BCUT2D eigenvalue weighted by Gasteiger charge is 2.43. The molecule has 1 aromatic carbocycles. The maximum absolute atomic E-state index is 5.85. The van der Waals surface area contributed by atoms with Gasteiger partial charge in [-0.3, -0.25) is 0 Å². The average Bonchev–Trinajstić information content (AvgIpc) is 3.22. The fraction of sp³-hybridized carbons (Fsp3) is 0.467. The molecule has 3 unspecified atom stereocenters. The van der Waals surface area contributed by atoms with Gasteiger partial charge in [0.25, 0.3) is 5.89 Å². The van der Waals surface area contributed by atoms with Gasteiger partial charge >= 0.3 is 0 Å². The minimum absolute atomic E-state index is 0.279. The van der Waals surface area contributed by atoms with Gasteiger partial charge in [0.1, 0.15) is 0 Å². The van der Waals surface area contributed by atoms with Crippen molar-refractivity contribution in [2.24, 2.45) is 5.73 Å². The Morgan fingerprint density at radius 2 is 2.25 bits per heavy atom. The third-order valence-corrected chi connectivity index (χ3v) is 4.29. The van der Waals surface area contributed by atoms with Crippen LogP contribution in [0.5, 0.6) is 0 Å². The zero-order chi connectivity index (χ0) is 13.5. The number of hydrogen-bond acceptors (Lipinski definition) is 5. The van der Waals surface area contributed by atoms with Crippen LogP contribution in [0, 0.1) is 0 Å². The molecule has 3 atom stereocenters. The van der Waals surface area contributed by atoms with Gasteiger partial charge in [-0.05, 0) is 37.0 Å². The van der Waals surface area contributed by atoms with Crippen molar-refractivity contribution >= 4 is 0 Å². The van der Waals surface area contributed by atoms with Crippen LogP contribution in [0.4, 0.5) is 0 Å². The Kier molecular flexibility index (Phi) is 2.82. The smallest absolute Gasteiger partial charge is 0.257 e. The number of nitrogens with two attached hydrogens (primary N) is 1. The van der Waals surface area contributed by atoms with E-state index < -0.39 is 0 Å². The van der Waals surface area contributed by atoms with E-state index >= 15 is 0 Å². The average molecular weight is 271 g/mol. The standard InChI is InChI=1S/C15H17N3O2/c16-8-9-2-1-3-10(6-9)15-17-14(18-20-15)12-7-11-4-5-13(12)19-11/h1-3,6,11-13H,4-5,7-8,16H2. The number of aromatic nitrogens is 2. The van der Waals surface area contributed by atoms with E-state index in [9.17, 15) is 0 Å². The Labute approximate surface area is 117 Å². The molecule has 2 bridgehead atoms. The molecule has 0 radical (unpaired) electrons. The zero-order valence-electron chi connectivity index (χ0n) is 11.2. The molecule has 1 aromatic heterocycles. The van der Waals surface area contributed by atoms with Crippen molar-refractivity contribution in [2.45, 2.75) is 43.9 Å². The second-order valence-electron chi connectivity index (χ2n) is 5.58. The summed E-state index contributed by atoms with van der Waals surface area (Å²) in [5.74, 6) is 1.65. The normalized spacial score (nSPS) is 28.1. The molecule has 2 saturated heterocycles. The van der Waals surface area contributed by atoms with E-state index in [1.807, 2.05) is 24.3 Å². The second-order valence-corrected chi connectivity index (χ2v) is 5.58. The first kappa shape index (κ1) is 12.1. The summed E-state index contributed by atoms with van der Waals surface area (Å²) in [5, 5.41) is 4.15. The molecule has 104 valence electrons. The molecule has 2 aliphatic heterocycles. The third-order valence-electron chi connectivity index (χ3n) is 4.29. The van der Waals surface area contributed by atoms with Crippen LogP contribution < -0.4 is 5.73 Å². The number of rotatable bonds is 3. The van der Waals surface area contributed by atoms with Crippen molar-refractivity contribution in [1.29, 1.82) is 0 Å². The SMILES string of the molecule is NCc1cccc(-c2nc(C3CC4CCC3O4)no2)c1. The first-order chi connectivity index (χ1) is 9.83. The van der Waals surface area contributed by atoms with E-state index in [0.29, 0.717) is 24.5 Å². The first-order valence-electron chi connectivity index (χ1n) is 7.12. The maximum atomic E-state index is 5.85.